The summed E-state index contributed by atoms with van der Waals surface area (Å²) in [6.07, 6.45) is 4.42. The van der Waals surface area contributed by atoms with Crippen molar-refractivity contribution in [2.75, 3.05) is 4.90 Å². The van der Waals surface area contributed by atoms with Crippen LogP contribution in [0.4, 0.5) is 17.1 Å². The van der Waals surface area contributed by atoms with Crippen LogP contribution in [0.15, 0.2) is 121 Å². The summed E-state index contributed by atoms with van der Waals surface area (Å²) in [7, 11) is 0. The molecule has 0 saturated carbocycles. The molecule has 5 aromatic carbocycles. The number of rotatable bonds is 5. The molecule has 43 heavy (non-hydrogen) atoms. The number of anilines is 3. The van der Waals surface area contributed by atoms with E-state index in [2.05, 4.69) is 130 Å². The van der Waals surface area contributed by atoms with E-state index in [4.69, 9.17) is 0 Å². The maximum Gasteiger partial charge on any atom is 0.0991 e. The molecule has 0 N–H and O–H groups in total. The quantitative estimate of drug-likeness (QED) is 0.202. The monoisotopic (exact) mass is 554 g/mol. The van der Waals surface area contributed by atoms with Crippen molar-refractivity contribution in [1.29, 1.82) is 5.26 Å². The summed E-state index contributed by atoms with van der Waals surface area (Å²) in [4.78, 5) is 2.21. The lowest BCUT2D eigenvalue weighted by atomic mass is 9.75. The van der Waals surface area contributed by atoms with E-state index in [1.165, 1.54) is 39.0 Å². The first-order chi connectivity index (χ1) is 20.8. The number of nitrogens with zero attached hydrogens (tertiary/aromatic N) is 2. The van der Waals surface area contributed by atoms with Crippen molar-refractivity contribution in [3.63, 3.8) is 0 Å². The van der Waals surface area contributed by atoms with Gasteiger partial charge in [0.1, 0.15) is 0 Å². The summed E-state index contributed by atoms with van der Waals surface area (Å²) in [5, 5.41) is 9.26. The summed E-state index contributed by atoms with van der Waals surface area (Å²) in [6.45, 7) is 9.50. The SMILES string of the molecule is CC1(C)C2=C(c3ccccc31)C(C)(C)c1cc(C=Cc3ccc(N(c4ccccc4)c4ccc(C#N)cc4)cc3)ccc12. The van der Waals surface area contributed by atoms with E-state index in [0.717, 1.165) is 22.6 Å². The maximum absolute atomic E-state index is 9.26. The Bertz CT molecular complexity index is 1950. The molecule has 0 saturated heterocycles. The smallest absolute Gasteiger partial charge is 0.0991 e. The first-order valence-corrected chi connectivity index (χ1v) is 14.9. The van der Waals surface area contributed by atoms with Gasteiger partial charge in [-0.2, -0.15) is 5.26 Å². The average Bonchev–Trinajstić information content (AvgIpc) is 3.43. The Labute approximate surface area is 254 Å². The van der Waals surface area contributed by atoms with Crippen molar-refractivity contribution in [1.82, 2.24) is 0 Å². The molecule has 2 nitrogen and oxygen atoms in total. The van der Waals surface area contributed by atoms with Crippen LogP contribution in [0.3, 0.4) is 0 Å². The third-order valence-corrected chi connectivity index (χ3v) is 9.24. The molecule has 5 aromatic rings. The molecule has 0 bridgehead atoms. The van der Waals surface area contributed by atoms with Crippen molar-refractivity contribution < 1.29 is 0 Å². The number of nitriles is 1. The molecule has 7 rings (SSSR count). The van der Waals surface area contributed by atoms with E-state index in [1.807, 2.05) is 42.5 Å². The van der Waals surface area contributed by atoms with Gasteiger partial charge in [-0.1, -0.05) is 113 Å². The number of allylic oxidation sites excluding steroid dienone is 2. The highest BCUT2D eigenvalue weighted by Crippen LogP contribution is 2.62. The van der Waals surface area contributed by atoms with Gasteiger partial charge < -0.3 is 4.90 Å². The zero-order chi connectivity index (χ0) is 29.8. The Morgan fingerprint density at radius 2 is 1.05 bits per heavy atom. The van der Waals surface area contributed by atoms with Crippen LogP contribution in [-0.2, 0) is 10.8 Å². The second-order valence-electron chi connectivity index (χ2n) is 12.6. The molecule has 0 aromatic heterocycles. The predicted octanol–water partition coefficient (Wildman–Crippen LogP) is 10.7. The zero-order valence-corrected chi connectivity index (χ0v) is 25.1. The van der Waals surface area contributed by atoms with Crippen LogP contribution in [0.2, 0.25) is 0 Å². The number of hydrogen-bond donors (Lipinski definition) is 0. The Morgan fingerprint density at radius 1 is 0.535 bits per heavy atom. The minimum Gasteiger partial charge on any atom is -0.311 e. The van der Waals surface area contributed by atoms with Crippen molar-refractivity contribution in [2.24, 2.45) is 0 Å². The predicted molar refractivity (Wildman–Crippen MR) is 181 cm³/mol. The normalized spacial score (nSPS) is 15.6. The molecule has 2 aliphatic carbocycles. The van der Waals surface area contributed by atoms with Crippen LogP contribution < -0.4 is 4.90 Å². The molecular weight excluding hydrogens is 520 g/mol. The first-order valence-electron chi connectivity index (χ1n) is 14.9. The Morgan fingerprint density at radius 3 is 1.72 bits per heavy atom. The summed E-state index contributed by atoms with van der Waals surface area (Å²) < 4.78 is 0. The first kappa shape index (κ1) is 26.7. The van der Waals surface area contributed by atoms with Crippen LogP contribution in [0.25, 0.3) is 23.3 Å². The largest absolute Gasteiger partial charge is 0.311 e. The van der Waals surface area contributed by atoms with Crippen LogP contribution in [0.1, 0.15) is 66.6 Å². The summed E-state index contributed by atoms with van der Waals surface area (Å²) in [6, 6.07) is 44.8. The molecule has 0 unspecified atom stereocenters. The molecule has 0 heterocycles. The molecular formula is C41H34N2. The molecule has 0 fully saturated rings. The summed E-state index contributed by atoms with van der Waals surface area (Å²) in [5.41, 5.74) is 14.8. The van der Waals surface area contributed by atoms with Gasteiger partial charge in [0, 0.05) is 27.9 Å². The Kier molecular flexibility index (Phi) is 6.22. The molecule has 0 aliphatic heterocycles. The second-order valence-corrected chi connectivity index (χ2v) is 12.6. The van der Waals surface area contributed by atoms with Crippen LogP contribution >= 0.6 is 0 Å². The minimum atomic E-state index is -0.0492. The maximum atomic E-state index is 9.26. The van der Waals surface area contributed by atoms with Gasteiger partial charge in [-0.3, -0.25) is 0 Å². The molecule has 208 valence electrons. The lowest BCUT2D eigenvalue weighted by Crippen LogP contribution is -2.19. The number of hydrogen-bond acceptors (Lipinski definition) is 2. The highest BCUT2D eigenvalue weighted by atomic mass is 15.1. The van der Waals surface area contributed by atoms with Crippen molar-refractivity contribution in [3.05, 3.63) is 160 Å². The van der Waals surface area contributed by atoms with Crippen LogP contribution in [0, 0.1) is 11.3 Å². The highest BCUT2D eigenvalue weighted by molar-refractivity contribution is 6.09. The molecule has 0 amide bonds. The third-order valence-electron chi connectivity index (χ3n) is 9.24. The lowest BCUT2D eigenvalue weighted by molar-refractivity contribution is 0.694. The fourth-order valence-corrected chi connectivity index (χ4v) is 7.12. The average molecular weight is 555 g/mol. The van der Waals surface area contributed by atoms with E-state index < -0.39 is 0 Å². The second kappa shape index (κ2) is 10.0. The summed E-state index contributed by atoms with van der Waals surface area (Å²) in [5.74, 6) is 0. The van der Waals surface area contributed by atoms with E-state index in [9.17, 15) is 5.26 Å². The van der Waals surface area contributed by atoms with Gasteiger partial charge in [0.05, 0.1) is 11.6 Å². The molecule has 0 radical (unpaired) electrons. The lowest BCUT2D eigenvalue weighted by Gasteiger charge is -2.28. The van der Waals surface area contributed by atoms with Crippen LogP contribution in [0.5, 0.6) is 0 Å². The van der Waals surface area contributed by atoms with Gasteiger partial charge in [-0.25, -0.2) is 0 Å². The molecule has 2 heteroatoms. The molecule has 2 aliphatic rings. The van der Waals surface area contributed by atoms with E-state index >= 15 is 0 Å². The number of benzene rings is 5. The Hall–Kier alpha value is -5.13. The third kappa shape index (κ3) is 4.32. The van der Waals surface area contributed by atoms with Gasteiger partial charge >= 0.3 is 0 Å². The van der Waals surface area contributed by atoms with Crippen LogP contribution in [-0.4, -0.2) is 0 Å². The number of para-hydroxylation sites is 1. The Balaban J connectivity index is 1.17. The van der Waals surface area contributed by atoms with Crippen molar-refractivity contribution in [2.45, 2.75) is 38.5 Å². The molecule has 0 atom stereocenters. The van der Waals surface area contributed by atoms with E-state index in [0.29, 0.717) is 5.56 Å². The fourth-order valence-electron chi connectivity index (χ4n) is 7.12. The number of fused-ring (bicyclic) bond motifs is 4. The standard InChI is InChI=1S/C41H34N2/c1-40(2)36-13-9-8-12-34(36)38-39(40)35-25-20-29(26-37(35)41(38,3)4)15-14-28-16-21-32(22-17-28)43(31-10-6-5-7-11-31)33-23-18-30(27-42)19-24-33/h5-26H,1-4H3. The minimum absolute atomic E-state index is 0.00105. The molecule has 0 spiro atoms. The van der Waals surface area contributed by atoms with Crippen molar-refractivity contribution >= 4 is 40.4 Å². The van der Waals surface area contributed by atoms with Gasteiger partial charge in [-0.15, -0.1) is 0 Å². The van der Waals surface area contributed by atoms with Gasteiger partial charge in [0.15, 0.2) is 0 Å². The van der Waals surface area contributed by atoms with Crippen molar-refractivity contribution in [3.8, 4) is 6.07 Å². The van der Waals surface area contributed by atoms with E-state index in [1.54, 1.807) is 0 Å². The van der Waals surface area contributed by atoms with Gasteiger partial charge in [-0.05, 0) is 93.1 Å². The fraction of sp³-hybridized carbons (Fsp3) is 0.146. The zero-order valence-electron chi connectivity index (χ0n) is 25.1. The highest BCUT2D eigenvalue weighted by Gasteiger charge is 2.49. The summed E-state index contributed by atoms with van der Waals surface area (Å²) >= 11 is 0. The van der Waals surface area contributed by atoms with Gasteiger partial charge in [0.25, 0.3) is 0 Å². The van der Waals surface area contributed by atoms with E-state index in [-0.39, 0.29) is 10.8 Å². The topological polar surface area (TPSA) is 27.0 Å². The van der Waals surface area contributed by atoms with Gasteiger partial charge in [0.2, 0.25) is 0 Å².